The Bertz CT molecular complexity index is 1040. The largest absolute Gasteiger partial charge is 0.360 e. The van der Waals surface area contributed by atoms with Gasteiger partial charge in [-0.1, -0.05) is 11.7 Å². The molecule has 0 saturated heterocycles. The van der Waals surface area contributed by atoms with Gasteiger partial charge in [-0.25, -0.2) is 14.4 Å². The Morgan fingerprint density at radius 3 is 2.70 bits per heavy atom. The van der Waals surface area contributed by atoms with Crippen LogP contribution in [0.15, 0.2) is 48.9 Å². The minimum Gasteiger partial charge on any atom is -0.360 e. The fourth-order valence-electron chi connectivity index (χ4n) is 2.39. The average molecular weight is 304 g/mol. The smallest absolute Gasteiger partial charge is 0.275 e. The van der Waals surface area contributed by atoms with Gasteiger partial charge in [0.05, 0.1) is 23.9 Å². The normalized spacial score (nSPS) is 10.8. The molecule has 0 aliphatic rings. The van der Waals surface area contributed by atoms with Gasteiger partial charge in [-0.05, 0) is 30.3 Å². The highest BCUT2D eigenvalue weighted by atomic mass is 19.1. The van der Waals surface area contributed by atoms with Crippen molar-refractivity contribution in [3.8, 4) is 22.6 Å². The number of nitrogens with zero attached hydrogens (tertiary/aromatic N) is 5. The highest BCUT2D eigenvalue weighted by molar-refractivity contribution is 5.76. The lowest BCUT2D eigenvalue weighted by Crippen LogP contribution is -1.95. The van der Waals surface area contributed by atoms with Crippen molar-refractivity contribution < 1.29 is 4.39 Å². The first-order valence-corrected chi connectivity index (χ1v) is 6.78. The highest BCUT2D eigenvalue weighted by Gasteiger charge is 2.15. The number of rotatable bonds is 2. The number of halogens is 1. The number of hydrogen-bond donors (Lipinski definition) is 1. The second kappa shape index (κ2) is 5.03. The van der Waals surface area contributed by atoms with Gasteiger partial charge in [0, 0.05) is 11.6 Å². The number of H-pyrrole nitrogens is 1. The van der Waals surface area contributed by atoms with Gasteiger partial charge in [0.1, 0.15) is 11.5 Å². The molecule has 23 heavy (non-hydrogen) atoms. The summed E-state index contributed by atoms with van der Waals surface area (Å²) >= 11 is 0. The molecule has 0 radical (unpaired) electrons. The zero-order chi connectivity index (χ0) is 15.8. The van der Waals surface area contributed by atoms with Crippen LogP contribution in [0.3, 0.4) is 0 Å². The van der Waals surface area contributed by atoms with Crippen molar-refractivity contribution in [2.24, 2.45) is 0 Å². The van der Waals surface area contributed by atoms with Gasteiger partial charge in [0.15, 0.2) is 0 Å². The van der Waals surface area contributed by atoms with E-state index in [1.165, 1.54) is 22.8 Å². The Labute approximate surface area is 130 Å². The number of fused-ring (bicyclic) bond motifs is 1. The molecule has 0 saturated carbocycles. The topological polar surface area (TPSA) is 63.2 Å². The maximum absolute atomic E-state index is 13.1. The van der Waals surface area contributed by atoms with Crippen LogP contribution in [-0.4, -0.2) is 24.6 Å². The van der Waals surface area contributed by atoms with Gasteiger partial charge < -0.3 is 9.83 Å². The van der Waals surface area contributed by atoms with E-state index in [1.54, 1.807) is 30.6 Å². The molecular formula is C16H9FN6. The van der Waals surface area contributed by atoms with Gasteiger partial charge in [-0.3, -0.25) is 0 Å². The van der Waals surface area contributed by atoms with E-state index in [9.17, 15) is 4.39 Å². The number of imidazole rings is 2. The summed E-state index contributed by atoms with van der Waals surface area (Å²) in [6, 6.07) is 9.68. The lowest BCUT2D eigenvalue weighted by atomic mass is 10.1. The van der Waals surface area contributed by atoms with Crippen LogP contribution in [0.1, 0.15) is 0 Å². The Hall–Kier alpha value is -3.53. The predicted molar refractivity (Wildman–Crippen MR) is 82.2 cm³/mol. The molecule has 0 fully saturated rings. The van der Waals surface area contributed by atoms with Crippen molar-refractivity contribution in [1.82, 2.24) is 24.6 Å². The first-order valence-electron chi connectivity index (χ1n) is 6.78. The summed E-state index contributed by atoms with van der Waals surface area (Å²) in [5.74, 6) is 0.0372. The van der Waals surface area contributed by atoms with E-state index in [-0.39, 0.29) is 5.82 Å². The molecular weight excluding hydrogens is 295 g/mol. The third-order valence-corrected chi connectivity index (χ3v) is 3.47. The predicted octanol–water partition coefficient (Wildman–Crippen LogP) is 3.48. The van der Waals surface area contributed by atoms with Gasteiger partial charge in [-0.2, -0.15) is 0 Å². The molecule has 0 unspecified atom stereocenters. The lowest BCUT2D eigenvalue weighted by molar-refractivity contribution is 0.628. The van der Waals surface area contributed by atoms with Crippen LogP contribution in [-0.2, 0) is 0 Å². The molecule has 4 aromatic rings. The zero-order valence-corrected chi connectivity index (χ0v) is 11.7. The minimum atomic E-state index is -0.300. The number of aromatic nitrogens is 5. The van der Waals surface area contributed by atoms with E-state index in [0.717, 1.165) is 5.56 Å². The number of aromatic amines is 1. The van der Waals surface area contributed by atoms with Gasteiger partial charge in [-0.15, -0.1) is 4.52 Å². The van der Waals surface area contributed by atoms with E-state index in [0.29, 0.717) is 28.5 Å². The molecule has 4 rings (SSSR count). The number of benzene rings is 1. The molecule has 3 heterocycles. The summed E-state index contributed by atoms with van der Waals surface area (Å²) in [5.41, 5.74) is 3.37. The van der Waals surface area contributed by atoms with Gasteiger partial charge >= 0.3 is 0 Å². The second-order valence-corrected chi connectivity index (χ2v) is 4.85. The molecule has 1 N–H and O–H groups in total. The Kier molecular flexibility index (Phi) is 2.88. The van der Waals surface area contributed by atoms with Crippen molar-refractivity contribution in [3.05, 3.63) is 66.2 Å². The van der Waals surface area contributed by atoms with Crippen molar-refractivity contribution in [2.75, 3.05) is 0 Å². The monoisotopic (exact) mass is 304 g/mol. The molecule has 0 spiro atoms. The van der Waals surface area contributed by atoms with E-state index in [4.69, 9.17) is 6.57 Å². The number of nitrogens with one attached hydrogen (secondary N) is 1. The summed E-state index contributed by atoms with van der Waals surface area (Å²) in [6.45, 7) is 7.15. The molecule has 110 valence electrons. The van der Waals surface area contributed by atoms with E-state index < -0.39 is 0 Å². The Morgan fingerprint density at radius 1 is 1.09 bits per heavy atom. The second-order valence-electron chi connectivity index (χ2n) is 4.85. The van der Waals surface area contributed by atoms with Crippen LogP contribution in [0.4, 0.5) is 10.2 Å². The summed E-state index contributed by atoms with van der Waals surface area (Å²) in [7, 11) is 0. The third kappa shape index (κ3) is 2.13. The Morgan fingerprint density at radius 2 is 1.91 bits per heavy atom. The molecule has 0 bridgehead atoms. The third-order valence-electron chi connectivity index (χ3n) is 3.47. The van der Waals surface area contributed by atoms with Crippen molar-refractivity contribution in [2.45, 2.75) is 0 Å². The highest BCUT2D eigenvalue weighted by Crippen LogP contribution is 2.28. The van der Waals surface area contributed by atoms with Crippen molar-refractivity contribution in [1.29, 1.82) is 0 Å². The standard InChI is InChI=1S/C16H9FN6/c1-18-14-8-19-13-7-6-12(22-23(13)14)16-15(20-9-21-16)10-2-4-11(17)5-3-10/h2-9H,(H,20,21). The molecule has 3 aromatic heterocycles. The maximum atomic E-state index is 13.1. The summed E-state index contributed by atoms with van der Waals surface area (Å²) in [5, 5.41) is 4.45. The lowest BCUT2D eigenvalue weighted by Gasteiger charge is -2.02. The van der Waals surface area contributed by atoms with Gasteiger partial charge in [0.25, 0.3) is 5.82 Å². The zero-order valence-electron chi connectivity index (χ0n) is 11.7. The van der Waals surface area contributed by atoms with Gasteiger partial charge in [0.2, 0.25) is 5.65 Å². The molecule has 0 aliphatic carbocycles. The molecule has 0 aliphatic heterocycles. The average Bonchev–Trinajstić information content (AvgIpc) is 3.21. The van der Waals surface area contributed by atoms with E-state index >= 15 is 0 Å². The molecule has 0 atom stereocenters. The summed E-state index contributed by atoms with van der Waals surface area (Å²) in [4.78, 5) is 14.9. The van der Waals surface area contributed by atoms with Crippen LogP contribution in [0.5, 0.6) is 0 Å². The Balaban J connectivity index is 1.87. The van der Waals surface area contributed by atoms with Crippen LogP contribution in [0.2, 0.25) is 0 Å². The van der Waals surface area contributed by atoms with Crippen LogP contribution >= 0.6 is 0 Å². The van der Waals surface area contributed by atoms with E-state index in [2.05, 4.69) is 24.9 Å². The SMILES string of the molecule is [C-]#[N+]c1cnc2ccc(-c3[nH]cnc3-c3ccc(F)cc3)nn12. The molecule has 0 amide bonds. The molecule has 6 nitrogen and oxygen atoms in total. The number of hydrogen-bond acceptors (Lipinski definition) is 3. The van der Waals surface area contributed by atoms with Crippen LogP contribution in [0.25, 0.3) is 33.1 Å². The van der Waals surface area contributed by atoms with Crippen molar-refractivity contribution in [3.63, 3.8) is 0 Å². The quantitative estimate of drug-likeness (QED) is 0.577. The summed E-state index contributed by atoms with van der Waals surface area (Å²) < 4.78 is 14.6. The molecule has 7 heteroatoms. The first kappa shape index (κ1) is 13.2. The summed E-state index contributed by atoms with van der Waals surface area (Å²) in [6.07, 6.45) is 3.04. The molecule has 1 aromatic carbocycles. The first-order chi connectivity index (χ1) is 11.3. The van der Waals surface area contributed by atoms with Crippen molar-refractivity contribution >= 4 is 11.5 Å². The van der Waals surface area contributed by atoms with E-state index in [1.807, 2.05) is 0 Å². The fourth-order valence-corrected chi connectivity index (χ4v) is 2.39. The fraction of sp³-hybridized carbons (Fsp3) is 0. The minimum absolute atomic E-state index is 0.300. The van der Waals surface area contributed by atoms with Crippen LogP contribution < -0.4 is 0 Å². The maximum Gasteiger partial charge on any atom is 0.275 e. The van der Waals surface area contributed by atoms with Crippen LogP contribution in [0, 0.1) is 12.4 Å².